The van der Waals surface area contributed by atoms with Crippen molar-refractivity contribution in [3.8, 4) is 16.6 Å². The smallest absolute Gasteiger partial charge is 0.271 e. The molecular weight excluding hydrogens is 363 g/mol. The Bertz CT molecular complexity index is 990. The average Bonchev–Trinajstić information content (AvgIpc) is 3.28. The summed E-state index contributed by atoms with van der Waals surface area (Å²) in [6.45, 7) is 0. The number of nitro benzene ring substituents is 1. The SMILES string of the molecule is N#C/C(=C\Nc1cc([N+](=O)[O-])ccc1F)c1nc(-c2cccs2)cs1. The number of allylic oxidation sites excluding steroid dienone is 1. The molecule has 0 unspecified atom stereocenters. The van der Waals surface area contributed by atoms with Crippen molar-refractivity contribution in [2.45, 2.75) is 0 Å². The van der Waals surface area contributed by atoms with E-state index in [1.807, 2.05) is 29.0 Å². The summed E-state index contributed by atoms with van der Waals surface area (Å²) < 4.78 is 13.8. The summed E-state index contributed by atoms with van der Waals surface area (Å²) in [6.07, 6.45) is 1.29. The number of halogens is 1. The number of aromatic nitrogens is 1. The standard InChI is InChI=1S/C16H9FN4O2S2/c17-12-4-3-11(21(22)23)6-13(12)19-8-10(7-18)16-20-14(9-25-16)15-2-1-5-24-15/h1-6,8-9,19H/b10-8+. The van der Waals surface area contributed by atoms with Crippen molar-refractivity contribution in [1.82, 2.24) is 4.98 Å². The largest absolute Gasteiger partial charge is 0.358 e. The van der Waals surface area contributed by atoms with Crippen LogP contribution in [0.1, 0.15) is 5.01 Å². The maximum atomic E-state index is 13.8. The molecule has 0 amide bonds. The number of non-ortho nitro benzene ring substituents is 1. The lowest BCUT2D eigenvalue weighted by molar-refractivity contribution is -0.384. The molecule has 0 aliphatic carbocycles. The third kappa shape index (κ3) is 3.71. The molecule has 0 bridgehead atoms. The van der Waals surface area contributed by atoms with Crippen LogP contribution in [-0.4, -0.2) is 9.91 Å². The molecule has 3 aromatic rings. The predicted octanol–water partition coefficient (Wildman–Crippen LogP) is 4.90. The van der Waals surface area contributed by atoms with Crippen LogP contribution in [0.4, 0.5) is 15.8 Å². The van der Waals surface area contributed by atoms with E-state index >= 15 is 0 Å². The molecule has 0 saturated carbocycles. The molecule has 0 radical (unpaired) electrons. The molecule has 0 atom stereocenters. The summed E-state index contributed by atoms with van der Waals surface area (Å²) >= 11 is 2.83. The summed E-state index contributed by atoms with van der Waals surface area (Å²) in [5.41, 5.74) is 0.637. The van der Waals surface area contributed by atoms with E-state index in [-0.39, 0.29) is 16.9 Å². The van der Waals surface area contributed by atoms with Gasteiger partial charge in [-0.2, -0.15) is 5.26 Å². The Labute approximate surface area is 149 Å². The van der Waals surface area contributed by atoms with Crippen LogP contribution in [0.15, 0.2) is 47.3 Å². The molecule has 124 valence electrons. The lowest BCUT2D eigenvalue weighted by Crippen LogP contribution is -1.96. The number of rotatable bonds is 5. The fraction of sp³-hybridized carbons (Fsp3) is 0. The minimum absolute atomic E-state index is 0.0861. The Morgan fingerprint density at radius 3 is 2.92 bits per heavy atom. The van der Waals surface area contributed by atoms with Crippen LogP contribution in [0.3, 0.4) is 0 Å². The third-order valence-corrected chi connectivity index (χ3v) is 4.93. The van der Waals surface area contributed by atoms with Gasteiger partial charge in [-0.25, -0.2) is 9.37 Å². The van der Waals surface area contributed by atoms with E-state index in [9.17, 15) is 19.8 Å². The molecule has 0 aliphatic rings. The number of nitro groups is 1. The number of benzene rings is 1. The average molecular weight is 372 g/mol. The highest BCUT2D eigenvalue weighted by Crippen LogP contribution is 2.29. The van der Waals surface area contributed by atoms with E-state index in [0.29, 0.717) is 5.01 Å². The molecule has 1 aromatic carbocycles. The first-order valence-corrected chi connectivity index (χ1v) is 8.65. The van der Waals surface area contributed by atoms with Crippen molar-refractivity contribution < 1.29 is 9.31 Å². The fourth-order valence-corrected chi connectivity index (χ4v) is 3.51. The van der Waals surface area contributed by atoms with Crippen molar-refractivity contribution in [1.29, 1.82) is 5.26 Å². The molecule has 6 nitrogen and oxygen atoms in total. The van der Waals surface area contributed by atoms with Crippen LogP contribution in [0.5, 0.6) is 0 Å². The van der Waals surface area contributed by atoms with Crippen LogP contribution in [-0.2, 0) is 0 Å². The zero-order valence-electron chi connectivity index (χ0n) is 12.5. The maximum Gasteiger partial charge on any atom is 0.271 e. The Morgan fingerprint density at radius 2 is 2.24 bits per heavy atom. The second kappa shape index (κ2) is 7.21. The van der Waals surface area contributed by atoms with E-state index in [2.05, 4.69) is 10.3 Å². The van der Waals surface area contributed by atoms with Crippen molar-refractivity contribution in [3.05, 3.63) is 68.2 Å². The lowest BCUT2D eigenvalue weighted by atomic mass is 10.2. The Morgan fingerprint density at radius 1 is 1.40 bits per heavy atom. The Kier molecular flexibility index (Phi) is 4.83. The van der Waals surface area contributed by atoms with E-state index in [4.69, 9.17) is 0 Å². The maximum absolute atomic E-state index is 13.8. The van der Waals surface area contributed by atoms with Gasteiger partial charge in [0.05, 0.1) is 21.2 Å². The van der Waals surface area contributed by atoms with Crippen molar-refractivity contribution >= 4 is 39.6 Å². The first-order valence-electron chi connectivity index (χ1n) is 6.89. The number of nitriles is 1. The van der Waals surface area contributed by atoms with Gasteiger partial charge >= 0.3 is 0 Å². The topological polar surface area (TPSA) is 91.8 Å². The molecule has 0 aliphatic heterocycles. The third-order valence-electron chi connectivity index (χ3n) is 3.16. The van der Waals surface area contributed by atoms with Crippen LogP contribution in [0.25, 0.3) is 16.1 Å². The number of hydrogen-bond acceptors (Lipinski definition) is 7. The minimum Gasteiger partial charge on any atom is -0.358 e. The number of nitrogens with zero attached hydrogens (tertiary/aromatic N) is 3. The molecule has 0 fully saturated rings. The lowest BCUT2D eigenvalue weighted by Gasteiger charge is -2.03. The highest BCUT2D eigenvalue weighted by atomic mass is 32.1. The van der Waals surface area contributed by atoms with Gasteiger partial charge < -0.3 is 5.32 Å². The van der Waals surface area contributed by atoms with Crippen molar-refractivity contribution in [2.75, 3.05) is 5.32 Å². The number of nitrogens with one attached hydrogen (secondary N) is 1. The van der Waals surface area contributed by atoms with E-state index < -0.39 is 10.7 Å². The zero-order chi connectivity index (χ0) is 17.8. The molecular formula is C16H9FN4O2S2. The van der Waals surface area contributed by atoms with Gasteiger partial charge in [0.25, 0.3) is 5.69 Å². The van der Waals surface area contributed by atoms with E-state index in [1.165, 1.54) is 28.9 Å². The van der Waals surface area contributed by atoms with Gasteiger partial charge in [-0.15, -0.1) is 22.7 Å². The quantitative estimate of drug-likeness (QED) is 0.391. The molecule has 3 rings (SSSR count). The van der Waals surface area contributed by atoms with Gasteiger partial charge in [-0.1, -0.05) is 6.07 Å². The number of hydrogen-bond donors (Lipinski definition) is 1. The molecule has 2 heterocycles. The number of anilines is 1. The summed E-state index contributed by atoms with van der Waals surface area (Å²) in [4.78, 5) is 15.5. The van der Waals surface area contributed by atoms with Crippen LogP contribution in [0.2, 0.25) is 0 Å². The normalized spacial score (nSPS) is 11.1. The van der Waals surface area contributed by atoms with Crippen molar-refractivity contribution in [3.63, 3.8) is 0 Å². The van der Waals surface area contributed by atoms with Gasteiger partial charge in [0.15, 0.2) is 0 Å². The zero-order valence-corrected chi connectivity index (χ0v) is 14.1. The summed E-state index contributed by atoms with van der Waals surface area (Å²) in [5.74, 6) is -0.655. The van der Waals surface area contributed by atoms with E-state index in [1.54, 1.807) is 0 Å². The summed E-state index contributed by atoms with van der Waals surface area (Å²) in [7, 11) is 0. The molecule has 2 aromatic heterocycles. The van der Waals surface area contributed by atoms with Crippen LogP contribution < -0.4 is 5.32 Å². The highest BCUT2D eigenvalue weighted by molar-refractivity contribution is 7.14. The highest BCUT2D eigenvalue weighted by Gasteiger charge is 2.12. The second-order valence-corrected chi connectivity index (χ2v) is 6.56. The monoisotopic (exact) mass is 372 g/mol. The fourth-order valence-electron chi connectivity index (χ4n) is 1.96. The van der Waals surface area contributed by atoms with Crippen LogP contribution in [0, 0.1) is 27.3 Å². The molecule has 0 saturated heterocycles. The van der Waals surface area contributed by atoms with Gasteiger partial charge in [-0.05, 0) is 17.5 Å². The molecule has 0 spiro atoms. The van der Waals surface area contributed by atoms with Gasteiger partial charge in [0.1, 0.15) is 22.5 Å². The molecule has 25 heavy (non-hydrogen) atoms. The van der Waals surface area contributed by atoms with Gasteiger partial charge in [-0.3, -0.25) is 10.1 Å². The van der Waals surface area contributed by atoms with Crippen LogP contribution >= 0.6 is 22.7 Å². The second-order valence-electron chi connectivity index (χ2n) is 4.75. The van der Waals surface area contributed by atoms with Crippen molar-refractivity contribution in [2.24, 2.45) is 0 Å². The Balaban J connectivity index is 1.86. The summed E-state index contributed by atoms with van der Waals surface area (Å²) in [6, 6.07) is 8.97. The Hall–Kier alpha value is -3.09. The number of thiazole rings is 1. The molecule has 9 heteroatoms. The van der Waals surface area contributed by atoms with E-state index in [0.717, 1.165) is 28.8 Å². The van der Waals surface area contributed by atoms with Gasteiger partial charge in [0.2, 0.25) is 0 Å². The molecule has 1 N–H and O–H groups in total. The van der Waals surface area contributed by atoms with Gasteiger partial charge in [0, 0.05) is 23.7 Å². The minimum atomic E-state index is -0.655. The predicted molar refractivity (Wildman–Crippen MR) is 95.7 cm³/mol. The number of thiophene rings is 1. The summed E-state index contributed by atoms with van der Waals surface area (Å²) in [5, 5.41) is 26.9. The first kappa shape index (κ1) is 16.8. The first-order chi connectivity index (χ1) is 12.1.